The third-order valence-electron chi connectivity index (χ3n) is 5.45. The number of benzene rings is 3. The van der Waals surface area contributed by atoms with Crippen molar-refractivity contribution in [3.8, 4) is 11.5 Å². The molecule has 0 saturated carbocycles. The number of carbonyl (C=O) groups is 2. The van der Waals surface area contributed by atoms with Crippen molar-refractivity contribution in [2.75, 3.05) is 0 Å². The Bertz CT molecular complexity index is 1290. The van der Waals surface area contributed by atoms with E-state index < -0.39 is 23.1 Å². The molecule has 3 aromatic carbocycles. The minimum atomic E-state index is -1.41. The zero-order valence-corrected chi connectivity index (χ0v) is 24.3. The summed E-state index contributed by atoms with van der Waals surface area (Å²) in [5.74, 6) is 0.645. The van der Waals surface area contributed by atoms with Crippen molar-refractivity contribution in [1.82, 2.24) is 10.6 Å². The molecule has 0 heterocycles. The van der Waals surface area contributed by atoms with Gasteiger partial charge < -0.3 is 20.1 Å². The highest BCUT2D eigenvalue weighted by atomic mass is 79.9. The number of hydrogen-bond acceptors (Lipinski definition) is 4. The van der Waals surface area contributed by atoms with Gasteiger partial charge in [0, 0.05) is 26.6 Å². The van der Waals surface area contributed by atoms with Crippen LogP contribution in [-0.2, 0) is 21.6 Å². The van der Waals surface area contributed by atoms with E-state index in [0.29, 0.717) is 32.7 Å². The summed E-state index contributed by atoms with van der Waals surface area (Å²) in [6.07, 6.45) is -0.707. The van der Waals surface area contributed by atoms with Crippen molar-refractivity contribution in [1.29, 1.82) is 0 Å². The summed E-state index contributed by atoms with van der Waals surface area (Å²) < 4.78 is 12.3. The summed E-state index contributed by atoms with van der Waals surface area (Å²) in [7, 11) is 0. The van der Waals surface area contributed by atoms with Crippen LogP contribution in [0.1, 0.15) is 44.4 Å². The molecule has 6 nitrogen and oxygen atoms in total. The fourth-order valence-electron chi connectivity index (χ4n) is 3.48. The summed E-state index contributed by atoms with van der Waals surface area (Å²) in [6, 6.07) is 17.6. The van der Waals surface area contributed by atoms with Gasteiger partial charge in [-0.3, -0.25) is 4.79 Å². The fraction of sp³-hybridized carbons (Fsp3) is 0.286. The molecule has 0 aromatic heterocycles. The van der Waals surface area contributed by atoms with Crippen LogP contribution in [0.5, 0.6) is 11.5 Å². The normalized spacial score (nSPS) is 12.9. The van der Waals surface area contributed by atoms with Gasteiger partial charge in [-0.15, -0.1) is 0 Å². The Morgan fingerprint density at radius 3 is 2.24 bits per heavy atom. The van der Waals surface area contributed by atoms with Gasteiger partial charge in [-0.1, -0.05) is 57.3 Å². The van der Waals surface area contributed by atoms with Crippen molar-refractivity contribution in [3.05, 3.63) is 91.9 Å². The Kier molecular flexibility index (Phi) is 9.16. The molecule has 1 atom stereocenters. The van der Waals surface area contributed by atoms with E-state index in [-0.39, 0.29) is 6.54 Å². The minimum absolute atomic E-state index is 0.125. The quantitative estimate of drug-likeness (QED) is 0.286. The first-order chi connectivity index (χ1) is 17.3. The highest BCUT2D eigenvalue weighted by molar-refractivity contribution is 9.10. The summed E-state index contributed by atoms with van der Waals surface area (Å²) in [4.78, 5) is 26.2. The number of amides is 2. The van der Waals surface area contributed by atoms with Gasteiger partial charge in [0.1, 0.15) is 22.6 Å². The summed E-state index contributed by atoms with van der Waals surface area (Å²) >= 11 is 15.8. The lowest BCUT2D eigenvalue weighted by atomic mass is 9.91. The number of halogens is 3. The van der Waals surface area contributed by atoms with Gasteiger partial charge in [0.05, 0.1) is 0 Å². The molecule has 0 saturated heterocycles. The first-order valence-corrected chi connectivity index (χ1v) is 13.1. The molecule has 37 heavy (non-hydrogen) atoms. The lowest BCUT2D eigenvalue weighted by molar-refractivity contribution is -0.127. The van der Waals surface area contributed by atoms with Gasteiger partial charge in [0.15, 0.2) is 0 Å². The molecular weight excluding hydrogens is 579 g/mol. The molecule has 2 amide bonds. The second-order valence-corrected chi connectivity index (χ2v) is 11.5. The zero-order chi connectivity index (χ0) is 27.4. The van der Waals surface area contributed by atoms with E-state index in [1.54, 1.807) is 82.3 Å². The number of aryl methyl sites for hydroxylation is 1. The Morgan fingerprint density at radius 1 is 0.946 bits per heavy atom. The molecule has 2 N–H and O–H groups in total. The molecule has 0 bridgehead atoms. The molecule has 9 heteroatoms. The predicted molar refractivity (Wildman–Crippen MR) is 150 cm³/mol. The standard InChI is InChI=1S/C28H29BrCl2N2O4/c1-17-14-22(12-13-23(17)31)36-24-15-21(30)11-6-18(24)16-32-25(34)28(5,19-7-9-20(29)10-8-19)33-26(35)37-27(2,3)4/h6-15H,16H2,1-5H3,(H,32,34)(H,33,35). The number of carbonyl (C=O) groups excluding carboxylic acids is 2. The number of nitrogens with one attached hydrogen (secondary N) is 2. The highest BCUT2D eigenvalue weighted by Gasteiger charge is 2.38. The van der Waals surface area contributed by atoms with E-state index in [0.717, 1.165) is 10.0 Å². The molecule has 196 valence electrons. The van der Waals surface area contributed by atoms with Crippen LogP contribution in [0.25, 0.3) is 0 Å². The number of alkyl carbamates (subject to hydrolysis) is 1. The SMILES string of the molecule is Cc1cc(Oc2cc(Cl)ccc2CNC(=O)C(C)(NC(=O)OC(C)(C)C)c2ccc(Br)cc2)ccc1Cl. The topological polar surface area (TPSA) is 76.7 Å². The monoisotopic (exact) mass is 606 g/mol. The Labute approximate surface area is 235 Å². The second kappa shape index (κ2) is 11.8. The van der Waals surface area contributed by atoms with E-state index in [2.05, 4.69) is 26.6 Å². The van der Waals surface area contributed by atoms with E-state index in [9.17, 15) is 9.59 Å². The summed E-state index contributed by atoms with van der Waals surface area (Å²) in [5.41, 5.74) is 0.0131. The van der Waals surface area contributed by atoms with Crippen molar-refractivity contribution < 1.29 is 19.1 Å². The maximum atomic E-state index is 13.6. The second-order valence-electron chi connectivity index (χ2n) is 9.71. The molecule has 3 aromatic rings. The number of hydrogen-bond donors (Lipinski definition) is 2. The maximum absolute atomic E-state index is 13.6. The Morgan fingerprint density at radius 2 is 1.62 bits per heavy atom. The zero-order valence-electron chi connectivity index (χ0n) is 21.2. The van der Waals surface area contributed by atoms with Crippen LogP contribution in [-0.4, -0.2) is 17.6 Å². The molecule has 0 spiro atoms. The molecule has 3 rings (SSSR count). The van der Waals surface area contributed by atoms with Crippen molar-refractivity contribution in [2.45, 2.75) is 52.3 Å². The molecule has 0 aliphatic heterocycles. The Balaban J connectivity index is 1.85. The van der Waals surface area contributed by atoms with Crippen LogP contribution >= 0.6 is 39.1 Å². The smallest absolute Gasteiger partial charge is 0.408 e. The lowest BCUT2D eigenvalue weighted by Crippen LogP contribution is -2.55. The summed E-state index contributed by atoms with van der Waals surface area (Å²) in [5, 5.41) is 6.79. The van der Waals surface area contributed by atoms with Crippen molar-refractivity contribution in [3.63, 3.8) is 0 Å². The highest BCUT2D eigenvalue weighted by Crippen LogP contribution is 2.31. The number of rotatable bonds is 7. The molecule has 0 radical (unpaired) electrons. The third kappa shape index (κ3) is 7.87. The first-order valence-electron chi connectivity index (χ1n) is 11.5. The third-order valence-corrected chi connectivity index (χ3v) is 6.64. The number of ether oxygens (including phenoxy) is 2. The van der Waals surface area contributed by atoms with E-state index >= 15 is 0 Å². The minimum Gasteiger partial charge on any atom is -0.457 e. The van der Waals surface area contributed by atoms with Gasteiger partial charge in [-0.2, -0.15) is 0 Å². The van der Waals surface area contributed by atoms with Gasteiger partial charge in [-0.25, -0.2) is 4.79 Å². The van der Waals surface area contributed by atoms with Crippen LogP contribution in [0.4, 0.5) is 4.79 Å². The average molecular weight is 608 g/mol. The lowest BCUT2D eigenvalue weighted by Gasteiger charge is -2.31. The average Bonchev–Trinajstić information content (AvgIpc) is 2.79. The maximum Gasteiger partial charge on any atom is 0.408 e. The van der Waals surface area contributed by atoms with Crippen LogP contribution in [0.2, 0.25) is 10.0 Å². The van der Waals surface area contributed by atoms with E-state index in [1.807, 2.05) is 13.0 Å². The van der Waals surface area contributed by atoms with Gasteiger partial charge in [-0.05, 0) is 88.2 Å². The van der Waals surface area contributed by atoms with Crippen LogP contribution in [0.3, 0.4) is 0 Å². The van der Waals surface area contributed by atoms with Crippen LogP contribution in [0, 0.1) is 6.92 Å². The molecule has 1 unspecified atom stereocenters. The molecule has 0 aliphatic carbocycles. The van der Waals surface area contributed by atoms with Crippen molar-refractivity contribution in [2.24, 2.45) is 0 Å². The fourth-order valence-corrected chi connectivity index (χ4v) is 4.02. The molecule has 0 fully saturated rings. The van der Waals surface area contributed by atoms with Crippen LogP contribution in [0.15, 0.2) is 65.1 Å². The first kappa shape index (κ1) is 28.8. The van der Waals surface area contributed by atoms with Gasteiger partial charge in [0.2, 0.25) is 0 Å². The Hall–Kier alpha value is -2.74. The summed E-state index contributed by atoms with van der Waals surface area (Å²) in [6.45, 7) is 8.91. The molecular formula is C28H29BrCl2N2O4. The predicted octanol–water partition coefficient (Wildman–Crippen LogP) is 7.91. The van der Waals surface area contributed by atoms with Crippen LogP contribution < -0.4 is 15.4 Å². The van der Waals surface area contributed by atoms with Gasteiger partial charge >= 0.3 is 6.09 Å². The van der Waals surface area contributed by atoms with Crippen molar-refractivity contribution >= 4 is 51.1 Å². The van der Waals surface area contributed by atoms with E-state index in [1.165, 1.54) is 0 Å². The van der Waals surface area contributed by atoms with Gasteiger partial charge in [0.25, 0.3) is 5.91 Å². The van der Waals surface area contributed by atoms with E-state index in [4.69, 9.17) is 32.7 Å². The largest absolute Gasteiger partial charge is 0.457 e. The molecule has 0 aliphatic rings.